The van der Waals surface area contributed by atoms with Crippen LogP contribution in [-0.4, -0.2) is 83.2 Å². The van der Waals surface area contributed by atoms with Gasteiger partial charge in [0.15, 0.2) is 0 Å². The van der Waals surface area contributed by atoms with Crippen molar-refractivity contribution in [3.05, 3.63) is 0 Å². The Balaban J connectivity index is -0.0000000931. The molecule has 248 valence electrons. The number of hydrogen-bond donors (Lipinski definition) is 0. The first-order chi connectivity index (χ1) is 16.5. The van der Waals surface area contributed by atoms with Crippen LogP contribution in [0.4, 0.5) is 0 Å². The van der Waals surface area contributed by atoms with Gasteiger partial charge in [-0.2, -0.15) is 0 Å². The Bertz CT molecular complexity index is 293. The van der Waals surface area contributed by atoms with Crippen molar-refractivity contribution < 1.29 is 50.3 Å². The predicted molar refractivity (Wildman–Crippen MR) is 170 cm³/mol. The van der Waals surface area contributed by atoms with Gasteiger partial charge in [0.05, 0.1) is 52.4 Å². The van der Waals surface area contributed by atoms with Crippen LogP contribution in [0.1, 0.15) is 158 Å². The summed E-state index contributed by atoms with van der Waals surface area (Å²) in [6, 6.07) is 0. The summed E-state index contributed by atoms with van der Waals surface area (Å²) in [6.45, 7) is 30.0. The van der Waals surface area contributed by atoms with E-state index in [0.29, 0.717) is 0 Å². The summed E-state index contributed by atoms with van der Waals surface area (Å²) in [7, 11) is 0. The average molecular weight is 656 g/mol. The van der Waals surface area contributed by atoms with Gasteiger partial charge in [-0.1, -0.05) is 107 Å². The van der Waals surface area contributed by atoms with Crippen LogP contribution in [0.25, 0.3) is 0 Å². The topological polar surface area (TPSA) is 123 Å². The first-order valence-electron chi connectivity index (χ1n) is 16.2. The molecule has 0 saturated heterocycles. The van der Waals surface area contributed by atoms with E-state index in [1.54, 1.807) is 0 Å². The first-order valence-corrected chi connectivity index (χ1v) is 16.2. The minimum atomic E-state index is 0. The monoisotopic (exact) mass is 657 g/mol. The number of quaternary nitrogens is 2. The van der Waals surface area contributed by atoms with Gasteiger partial charge in [-0.3, -0.25) is 0 Å². The Kier molecular flexibility index (Phi) is 57.5. The fourth-order valence-electron chi connectivity index (χ4n) is 5.29. The number of hydrogen-bond acceptors (Lipinski definition) is 2. The molecule has 0 spiro atoms. The molecule has 0 heterocycles. The molecule has 0 saturated carbocycles. The number of unbranched alkanes of at least 4 members (excludes halogenated alkanes) is 8. The summed E-state index contributed by atoms with van der Waals surface area (Å²) in [4.78, 5) is 0. The van der Waals surface area contributed by atoms with Crippen LogP contribution in [0.15, 0.2) is 0 Å². The quantitative estimate of drug-likeness (QED) is 0.0772. The number of rotatable bonds is 24. The Morgan fingerprint density at radius 1 is 0.282 bits per heavy atom. The van der Waals surface area contributed by atoms with Gasteiger partial charge >= 0.3 is 0 Å². The van der Waals surface area contributed by atoms with E-state index in [0.717, 1.165) is 0 Å². The van der Waals surface area contributed by atoms with Crippen LogP contribution in [0.3, 0.4) is 0 Å². The summed E-state index contributed by atoms with van der Waals surface area (Å²) in [6.07, 6.45) is 22.1. The maximum Gasteiger partial charge on any atom is 0.0786 e. The second-order valence-corrected chi connectivity index (χ2v) is 11.3. The van der Waals surface area contributed by atoms with Crippen molar-refractivity contribution >= 4 is 0 Å². The minimum absolute atomic E-state index is 0. The molecule has 0 rings (SSSR count). The molecule has 7 heteroatoms. The summed E-state index contributed by atoms with van der Waals surface area (Å²) >= 11 is 0. The normalized spacial score (nSPS) is 10.5. The molecule has 6 N–H and O–H groups in total. The third-order valence-corrected chi connectivity index (χ3v) is 7.89. The van der Waals surface area contributed by atoms with E-state index in [-0.39, 0.29) is 41.4 Å². The molecular formula is C32H78N2O4Ru. The predicted octanol–water partition coefficient (Wildman–Crippen LogP) is 8.00. The van der Waals surface area contributed by atoms with Crippen molar-refractivity contribution in [2.24, 2.45) is 0 Å². The molecule has 6 nitrogen and oxygen atoms in total. The van der Waals surface area contributed by atoms with Crippen molar-refractivity contribution in [1.82, 2.24) is 0 Å². The Hall–Kier alpha value is 0.383. The first kappa shape index (κ1) is 55.3. The van der Waals surface area contributed by atoms with Gasteiger partial charge in [0.2, 0.25) is 0 Å². The van der Waals surface area contributed by atoms with Crippen molar-refractivity contribution in [3.63, 3.8) is 0 Å². The molecule has 0 aliphatic heterocycles. The Morgan fingerprint density at radius 2 is 0.385 bits per heavy atom. The van der Waals surface area contributed by atoms with E-state index in [1.165, 1.54) is 164 Å². The molecule has 0 unspecified atom stereocenters. The van der Waals surface area contributed by atoms with Gasteiger partial charge in [-0.15, -0.1) is 0 Å². The van der Waals surface area contributed by atoms with Crippen LogP contribution < -0.4 is 0 Å². The molecule has 0 aromatic carbocycles. The Morgan fingerprint density at radius 3 is 0.462 bits per heavy atom. The SMILES string of the molecule is CCCC[N+](CCCC)(CCCC)CCCC.CCCC[N+](CCCC)(CCCC)CCCC.O.O.[OH-].[OH-].[Ru]. The molecule has 0 atom stereocenters. The zero-order valence-electron chi connectivity index (χ0n) is 28.1. The second-order valence-electron chi connectivity index (χ2n) is 11.3. The van der Waals surface area contributed by atoms with E-state index >= 15 is 0 Å². The summed E-state index contributed by atoms with van der Waals surface area (Å²) in [5, 5.41) is 0. The molecule has 39 heavy (non-hydrogen) atoms. The van der Waals surface area contributed by atoms with Gasteiger partial charge in [0.25, 0.3) is 0 Å². The molecular weight excluding hydrogens is 577 g/mol. The number of nitrogens with zero attached hydrogens (tertiary/aromatic N) is 2. The van der Waals surface area contributed by atoms with Crippen LogP contribution in [0.2, 0.25) is 0 Å². The van der Waals surface area contributed by atoms with Crippen molar-refractivity contribution in [2.45, 2.75) is 158 Å². The van der Waals surface area contributed by atoms with Crippen LogP contribution in [-0.2, 0) is 19.5 Å². The van der Waals surface area contributed by atoms with E-state index in [9.17, 15) is 0 Å². The summed E-state index contributed by atoms with van der Waals surface area (Å²) < 4.78 is 2.84. The third-order valence-electron chi connectivity index (χ3n) is 7.89. The summed E-state index contributed by atoms with van der Waals surface area (Å²) in [5.74, 6) is 0. The molecule has 0 aliphatic rings. The minimum Gasteiger partial charge on any atom is -0.870 e. The van der Waals surface area contributed by atoms with Gasteiger partial charge in [0.1, 0.15) is 0 Å². The van der Waals surface area contributed by atoms with E-state index in [2.05, 4.69) is 55.4 Å². The van der Waals surface area contributed by atoms with Gasteiger partial charge in [0, 0.05) is 19.5 Å². The molecule has 0 bridgehead atoms. The molecule has 0 amide bonds. The maximum absolute atomic E-state index is 2.33. The van der Waals surface area contributed by atoms with E-state index in [4.69, 9.17) is 0 Å². The van der Waals surface area contributed by atoms with Gasteiger partial charge < -0.3 is 30.9 Å². The Labute approximate surface area is 260 Å². The van der Waals surface area contributed by atoms with Crippen LogP contribution in [0, 0.1) is 0 Å². The zero-order valence-corrected chi connectivity index (χ0v) is 29.9. The fourth-order valence-corrected chi connectivity index (χ4v) is 5.29. The van der Waals surface area contributed by atoms with Crippen LogP contribution in [0.5, 0.6) is 0 Å². The average Bonchev–Trinajstić information content (AvgIpc) is 2.87. The zero-order chi connectivity index (χ0) is 26.0. The molecule has 0 aromatic rings. The second kappa shape index (κ2) is 40.5. The fraction of sp³-hybridized carbons (Fsp3) is 1.00. The van der Waals surface area contributed by atoms with Gasteiger partial charge in [-0.25, -0.2) is 0 Å². The molecule has 0 aromatic heterocycles. The van der Waals surface area contributed by atoms with Gasteiger partial charge in [-0.05, 0) is 51.4 Å². The summed E-state index contributed by atoms with van der Waals surface area (Å²) in [5.41, 5.74) is 0. The third kappa shape index (κ3) is 31.2. The van der Waals surface area contributed by atoms with Crippen molar-refractivity contribution in [3.8, 4) is 0 Å². The molecule has 0 fully saturated rings. The smallest absolute Gasteiger partial charge is 0.0786 e. The molecule has 0 aliphatic carbocycles. The van der Waals surface area contributed by atoms with E-state index < -0.39 is 0 Å². The van der Waals surface area contributed by atoms with Crippen molar-refractivity contribution in [1.29, 1.82) is 0 Å². The molecule has 0 radical (unpaired) electrons. The largest absolute Gasteiger partial charge is 0.870 e. The standard InChI is InChI=1S/2C16H36N.4H2O.Ru/c2*1-5-9-13-17(14-10-6-2,15-11-7-3)16-12-8-4;;;;;/h2*5-16H2,1-4H3;4*1H2;/q2*+1;;;;;/p-2. The van der Waals surface area contributed by atoms with Crippen LogP contribution >= 0.6 is 0 Å². The maximum atomic E-state index is 2.33. The van der Waals surface area contributed by atoms with Crippen molar-refractivity contribution in [2.75, 3.05) is 52.4 Å². The van der Waals surface area contributed by atoms with E-state index in [1.807, 2.05) is 0 Å².